The molecule has 0 aromatic carbocycles. The van der Waals surface area contributed by atoms with Gasteiger partial charge in [-0.05, 0) is 38.5 Å². The molecule has 8 atom stereocenters. The second-order valence-corrected chi connectivity index (χ2v) is 15.5. The number of hydrogen-bond donors (Lipinski definition) is 6. The molecule has 0 amide bonds. The summed E-state index contributed by atoms with van der Waals surface area (Å²) in [5.41, 5.74) is 0. The summed E-state index contributed by atoms with van der Waals surface area (Å²) >= 11 is 0. The minimum Gasteiger partial charge on any atom is -0.462 e. The van der Waals surface area contributed by atoms with Crippen LogP contribution < -0.4 is 0 Å². The topological polar surface area (TPSA) is 210 Å². The molecule has 1 aliphatic rings. The summed E-state index contributed by atoms with van der Waals surface area (Å²) in [5, 5.41) is 49.9. The molecule has 1 fully saturated rings. The van der Waals surface area contributed by atoms with Crippen LogP contribution in [0.25, 0.3) is 0 Å². The molecular weight excluding hydrogens is 695 g/mol. The summed E-state index contributed by atoms with van der Waals surface area (Å²) in [6.07, 6.45) is 14.5. The van der Waals surface area contributed by atoms with E-state index in [9.17, 15) is 44.6 Å². The van der Waals surface area contributed by atoms with Crippen molar-refractivity contribution in [1.82, 2.24) is 0 Å². The Morgan fingerprint density at radius 2 is 0.981 bits per heavy atom. The zero-order valence-corrected chi connectivity index (χ0v) is 32.8. The molecule has 0 radical (unpaired) electrons. The third-order valence-corrected chi connectivity index (χ3v) is 10.3. The fourth-order valence-electron chi connectivity index (χ4n) is 6.05. The predicted molar refractivity (Wildman–Crippen MR) is 198 cm³/mol. The Kier molecular flexibility index (Phi) is 27.9. The van der Waals surface area contributed by atoms with E-state index in [-0.39, 0.29) is 12.8 Å². The fourth-order valence-corrected chi connectivity index (χ4v) is 7.02. The zero-order valence-electron chi connectivity index (χ0n) is 31.9. The van der Waals surface area contributed by atoms with Gasteiger partial charge in [0.2, 0.25) is 0 Å². The van der Waals surface area contributed by atoms with Gasteiger partial charge in [-0.1, -0.05) is 122 Å². The lowest BCUT2D eigenvalue weighted by atomic mass is 9.85. The third kappa shape index (κ3) is 22.7. The SMILES string of the molecule is CCCCCC/C=C/CCCCCCCCCC(=O)OC[C@@H](COP(=O)(O)OC1C(O)C(O)C(O)[C@H](O)C1O)OC(=O)CCCCCCCCCC. The molecule has 1 rings (SSSR count). The second-order valence-electron chi connectivity index (χ2n) is 14.1. The summed E-state index contributed by atoms with van der Waals surface area (Å²) in [6, 6.07) is 0. The van der Waals surface area contributed by atoms with Crippen LogP contribution in [0.4, 0.5) is 0 Å². The molecule has 0 aromatic rings. The number of rotatable bonds is 32. The highest BCUT2D eigenvalue weighted by Crippen LogP contribution is 2.47. The Morgan fingerprint density at radius 1 is 0.577 bits per heavy atom. The molecule has 0 aliphatic heterocycles. The quantitative estimate of drug-likeness (QED) is 0.0192. The number of unbranched alkanes of at least 4 members (excludes halogenated alkanes) is 18. The van der Waals surface area contributed by atoms with E-state index in [1.54, 1.807) is 0 Å². The van der Waals surface area contributed by atoms with Crippen molar-refractivity contribution in [2.24, 2.45) is 0 Å². The van der Waals surface area contributed by atoms with E-state index in [1.165, 1.54) is 64.2 Å². The van der Waals surface area contributed by atoms with Gasteiger partial charge < -0.3 is 39.9 Å². The first-order chi connectivity index (χ1) is 24.9. The van der Waals surface area contributed by atoms with E-state index in [0.717, 1.165) is 57.8 Å². The van der Waals surface area contributed by atoms with Crippen molar-refractivity contribution in [3.8, 4) is 0 Å². The standard InChI is InChI=1S/C38H71O13P/c1-3-5-7-9-11-13-14-15-16-17-18-19-21-22-24-26-31(39)48-28-30(50-32(40)27-25-23-20-12-10-8-6-4-2)29-49-52(46,47)51-38-36(44)34(42)33(41)35(43)37(38)45/h13-14,30,33-38,41-45H,3-12,15-29H2,1-2H3,(H,46,47)/b14-13+/t30-,33?,34-,35?,36?,37?,38?/m0/s1. The first-order valence-electron chi connectivity index (χ1n) is 20.0. The summed E-state index contributed by atoms with van der Waals surface area (Å²) in [7, 11) is -5.10. The lowest BCUT2D eigenvalue weighted by Gasteiger charge is -2.41. The summed E-state index contributed by atoms with van der Waals surface area (Å²) < 4.78 is 33.3. The fraction of sp³-hybridized carbons (Fsp3) is 0.895. The smallest absolute Gasteiger partial charge is 0.462 e. The van der Waals surface area contributed by atoms with Crippen LogP contribution >= 0.6 is 7.82 Å². The van der Waals surface area contributed by atoms with Crippen molar-refractivity contribution >= 4 is 19.8 Å². The number of ether oxygens (including phenoxy) is 2. The highest BCUT2D eigenvalue weighted by Gasteiger charge is 2.51. The van der Waals surface area contributed by atoms with Crippen LogP contribution in [0.3, 0.4) is 0 Å². The average molecular weight is 767 g/mol. The van der Waals surface area contributed by atoms with Gasteiger partial charge in [-0.3, -0.25) is 18.6 Å². The van der Waals surface area contributed by atoms with Crippen molar-refractivity contribution in [1.29, 1.82) is 0 Å². The monoisotopic (exact) mass is 766 g/mol. The Balaban J connectivity index is 2.49. The Morgan fingerprint density at radius 3 is 1.48 bits per heavy atom. The van der Waals surface area contributed by atoms with E-state index < -0.39 is 75.7 Å². The Bertz CT molecular complexity index is 980. The highest BCUT2D eigenvalue weighted by molar-refractivity contribution is 7.47. The van der Waals surface area contributed by atoms with Gasteiger partial charge in [0, 0.05) is 12.8 Å². The maximum absolute atomic E-state index is 12.7. The molecule has 1 saturated carbocycles. The van der Waals surface area contributed by atoms with Crippen LogP contribution in [-0.4, -0.2) is 98.3 Å². The largest absolute Gasteiger partial charge is 0.472 e. The van der Waals surface area contributed by atoms with Crippen LogP contribution in [0.2, 0.25) is 0 Å². The molecule has 306 valence electrons. The highest BCUT2D eigenvalue weighted by atomic mass is 31.2. The van der Waals surface area contributed by atoms with E-state index in [4.69, 9.17) is 18.5 Å². The van der Waals surface area contributed by atoms with Gasteiger partial charge in [-0.15, -0.1) is 0 Å². The van der Waals surface area contributed by atoms with E-state index in [1.807, 2.05) is 0 Å². The molecule has 0 spiro atoms. The molecule has 0 saturated heterocycles. The number of allylic oxidation sites excluding steroid dienone is 2. The minimum atomic E-state index is -5.10. The number of esters is 2. The third-order valence-electron chi connectivity index (χ3n) is 9.36. The molecule has 0 aromatic heterocycles. The van der Waals surface area contributed by atoms with Crippen molar-refractivity contribution < 1.29 is 63.1 Å². The van der Waals surface area contributed by atoms with E-state index >= 15 is 0 Å². The van der Waals surface area contributed by atoms with Gasteiger partial charge in [0.15, 0.2) is 6.10 Å². The van der Waals surface area contributed by atoms with Gasteiger partial charge in [-0.25, -0.2) is 4.57 Å². The first kappa shape index (κ1) is 48.6. The molecule has 1 aliphatic carbocycles. The van der Waals surface area contributed by atoms with Crippen LogP contribution in [0.1, 0.15) is 162 Å². The van der Waals surface area contributed by atoms with Crippen LogP contribution in [-0.2, 0) is 32.7 Å². The van der Waals surface area contributed by atoms with E-state index in [0.29, 0.717) is 12.8 Å². The lowest BCUT2D eigenvalue weighted by Crippen LogP contribution is -2.64. The molecule has 52 heavy (non-hydrogen) atoms. The maximum Gasteiger partial charge on any atom is 0.472 e. The Hall–Kier alpha value is -1.41. The lowest BCUT2D eigenvalue weighted by molar-refractivity contribution is -0.220. The summed E-state index contributed by atoms with van der Waals surface area (Å²) in [5.74, 6) is -1.11. The summed E-state index contributed by atoms with van der Waals surface area (Å²) in [4.78, 5) is 35.4. The first-order valence-corrected chi connectivity index (χ1v) is 21.5. The number of carbonyl (C=O) groups excluding carboxylic acids is 2. The van der Waals surface area contributed by atoms with Crippen LogP contribution in [0.5, 0.6) is 0 Å². The second kappa shape index (κ2) is 29.9. The van der Waals surface area contributed by atoms with Gasteiger partial charge in [0.05, 0.1) is 6.61 Å². The molecular formula is C38H71O13P. The molecule has 0 bridgehead atoms. The van der Waals surface area contributed by atoms with Gasteiger partial charge in [0.1, 0.15) is 43.2 Å². The maximum atomic E-state index is 12.7. The van der Waals surface area contributed by atoms with Gasteiger partial charge >= 0.3 is 19.8 Å². The number of carbonyl (C=O) groups is 2. The van der Waals surface area contributed by atoms with Crippen LogP contribution in [0.15, 0.2) is 12.2 Å². The van der Waals surface area contributed by atoms with Gasteiger partial charge in [-0.2, -0.15) is 0 Å². The number of phosphoric acid groups is 1. The number of aliphatic hydroxyl groups is 5. The Labute approximate surface area is 312 Å². The molecule has 14 heteroatoms. The normalized spacial score (nSPS) is 23.8. The van der Waals surface area contributed by atoms with Crippen molar-refractivity contribution in [2.45, 2.75) is 204 Å². The van der Waals surface area contributed by atoms with Crippen molar-refractivity contribution in [2.75, 3.05) is 13.2 Å². The molecule has 6 N–H and O–H groups in total. The number of hydrogen-bond acceptors (Lipinski definition) is 12. The number of phosphoric ester groups is 1. The van der Waals surface area contributed by atoms with Gasteiger partial charge in [0.25, 0.3) is 0 Å². The predicted octanol–water partition coefficient (Wildman–Crippen LogP) is 6.33. The summed E-state index contributed by atoms with van der Waals surface area (Å²) in [6.45, 7) is 3.21. The molecule has 6 unspecified atom stereocenters. The average Bonchev–Trinajstić information content (AvgIpc) is 3.12. The number of aliphatic hydroxyl groups excluding tert-OH is 5. The van der Waals surface area contributed by atoms with Crippen molar-refractivity contribution in [3.05, 3.63) is 12.2 Å². The zero-order chi connectivity index (χ0) is 38.6. The molecule has 13 nitrogen and oxygen atoms in total. The van der Waals surface area contributed by atoms with Crippen molar-refractivity contribution in [3.63, 3.8) is 0 Å². The van der Waals surface area contributed by atoms with Crippen LogP contribution in [0, 0.1) is 0 Å². The van der Waals surface area contributed by atoms with E-state index in [2.05, 4.69) is 26.0 Å². The molecule has 0 heterocycles. The minimum absolute atomic E-state index is 0.0983.